The third-order valence-corrected chi connectivity index (χ3v) is 3.56. The van der Waals surface area contributed by atoms with Crippen LogP contribution in [0.15, 0.2) is 28.4 Å². The van der Waals surface area contributed by atoms with Crippen molar-refractivity contribution in [2.75, 3.05) is 5.73 Å². The minimum absolute atomic E-state index is 0.0987. The summed E-state index contributed by atoms with van der Waals surface area (Å²) in [5.41, 5.74) is 7.12. The van der Waals surface area contributed by atoms with E-state index in [4.69, 9.17) is 5.73 Å². The van der Waals surface area contributed by atoms with Crippen LogP contribution in [0.4, 0.5) is 11.4 Å². The molecule has 2 rings (SSSR count). The van der Waals surface area contributed by atoms with Gasteiger partial charge in [0.05, 0.1) is 11.5 Å². The number of nitro benzene ring substituents is 1. The quantitative estimate of drug-likeness (QED) is 0.520. The monoisotopic (exact) mass is 265 g/mol. The molecule has 6 nitrogen and oxygen atoms in total. The number of hydrogen-bond donors (Lipinski definition) is 1. The first-order chi connectivity index (χ1) is 8.50. The molecule has 0 saturated heterocycles. The number of aromatic nitrogens is 1. The lowest BCUT2D eigenvalue weighted by Gasteiger charge is -2.07. The molecule has 0 saturated carbocycles. The maximum Gasteiger partial charge on any atom is 0.307 e. The second kappa shape index (κ2) is 4.61. The van der Waals surface area contributed by atoms with E-state index < -0.39 is 4.92 Å². The lowest BCUT2D eigenvalue weighted by molar-refractivity contribution is -0.383. The van der Waals surface area contributed by atoms with Gasteiger partial charge in [-0.25, -0.2) is 0 Å². The molecule has 94 valence electrons. The van der Waals surface area contributed by atoms with Gasteiger partial charge in [-0.3, -0.25) is 19.5 Å². The third-order valence-electron chi connectivity index (χ3n) is 2.68. The number of anilines is 1. The summed E-state index contributed by atoms with van der Waals surface area (Å²) in [5, 5.41) is 12.5. The SMILES string of the molecule is Cc1csc(=O)n1Cc1cccc([N+](=O)[O-])c1N. The van der Waals surface area contributed by atoms with Crippen molar-refractivity contribution in [3.63, 3.8) is 0 Å². The standard InChI is InChI=1S/C11H11N3O3S/c1-7-6-18-11(15)13(7)5-8-3-2-4-9(10(8)12)14(16)17/h2-4,6H,5,12H2,1H3. The van der Waals surface area contributed by atoms with Crippen LogP contribution in [0, 0.1) is 17.0 Å². The van der Waals surface area contributed by atoms with E-state index in [-0.39, 0.29) is 22.8 Å². The van der Waals surface area contributed by atoms with Gasteiger partial charge in [0.25, 0.3) is 5.69 Å². The van der Waals surface area contributed by atoms with Gasteiger partial charge in [-0.2, -0.15) is 0 Å². The Balaban J connectivity index is 2.45. The highest BCUT2D eigenvalue weighted by atomic mass is 32.1. The second-order valence-corrected chi connectivity index (χ2v) is 4.66. The van der Waals surface area contributed by atoms with E-state index in [2.05, 4.69) is 0 Å². The Labute approximate surface area is 106 Å². The number of nitrogen functional groups attached to an aromatic ring is 1. The zero-order chi connectivity index (χ0) is 13.3. The fraction of sp³-hybridized carbons (Fsp3) is 0.182. The first-order valence-electron chi connectivity index (χ1n) is 5.17. The highest BCUT2D eigenvalue weighted by Gasteiger charge is 2.15. The summed E-state index contributed by atoms with van der Waals surface area (Å²) < 4.78 is 1.54. The topological polar surface area (TPSA) is 91.2 Å². The molecule has 18 heavy (non-hydrogen) atoms. The zero-order valence-electron chi connectivity index (χ0n) is 9.62. The Hall–Kier alpha value is -2.15. The molecule has 0 aliphatic carbocycles. The molecule has 0 radical (unpaired) electrons. The fourth-order valence-corrected chi connectivity index (χ4v) is 2.40. The van der Waals surface area contributed by atoms with E-state index in [1.807, 2.05) is 6.92 Å². The minimum atomic E-state index is -0.526. The summed E-state index contributed by atoms with van der Waals surface area (Å²) in [4.78, 5) is 21.7. The maximum absolute atomic E-state index is 11.6. The van der Waals surface area contributed by atoms with Crippen LogP contribution in [-0.2, 0) is 6.54 Å². The highest BCUT2D eigenvalue weighted by molar-refractivity contribution is 7.07. The number of thiazole rings is 1. The van der Waals surface area contributed by atoms with E-state index in [1.165, 1.54) is 6.07 Å². The summed E-state index contributed by atoms with van der Waals surface area (Å²) in [6.45, 7) is 2.06. The molecule has 1 aromatic heterocycles. The van der Waals surface area contributed by atoms with Crippen molar-refractivity contribution < 1.29 is 4.92 Å². The van der Waals surface area contributed by atoms with Crippen LogP contribution >= 0.6 is 11.3 Å². The van der Waals surface area contributed by atoms with Crippen LogP contribution in [0.5, 0.6) is 0 Å². The van der Waals surface area contributed by atoms with Gasteiger partial charge in [0.15, 0.2) is 0 Å². The van der Waals surface area contributed by atoms with Gasteiger partial charge in [0.1, 0.15) is 5.69 Å². The zero-order valence-corrected chi connectivity index (χ0v) is 10.4. The average molecular weight is 265 g/mol. The van der Waals surface area contributed by atoms with Crippen LogP contribution < -0.4 is 10.6 Å². The molecule has 2 N–H and O–H groups in total. The maximum atomic E-state index is 11.6. The molecule has 2 aromatic rings. The van der Waals surface area contributed by atoms with Crippen molar-refractivity contribution in [3.05, 3.63) is 54.6 Å². The molecule has 1 heterocycles. The Kier molecular flexibility index (Phi) is 3.15. The van der Waals surface area contributed by atoms with Gasteiger partial charge in [-0.05, 0) is 6.92 Å². The predicted octanol–water partition coefficient (Wildman–Crippen LogP) is 1.76. The molecule has 0 amide bonds. The number of benzene rings is 1. The van der Waals surface area contributed by atoms with E-state index in [0.29, 0.717) is 5.56 Å². The van der Waals surface area contributed by atoms with Crippen LogP contribution in [0.1, 0.15) is 11.3 Å². The number of aryl methyl sites for hydroxylation is 1. The first kappa shape index (κ1) is 12.3. The molecule has 0 fully saturated rings. The lowest BCUT2D eigenvalue weighted by atomic mass is 10.1. The number of para-hydroxylation sites is 1. The molecule has 0 aliphatic rings. The van der Waals surface area contributed by atoms with Gasteiger partial charge in [-0.15, -0.1) is 0 Å². The third kappa shape index (κ3) is 2.12. The Bertz CT molecular complexity index is 660. The molecule has 0 atom stereocenters. The molecule has 0 spiro atoms. The van der Waals surface area contributed by atoms with Crippen LogP contribution in [0.25, 0.3) is 0 Å². The molecule has 0 unspecified atom stereocenters. The molecule has 1 aromatic carbocycles. The lowest BCUT2D eigenvalue weighted by Crippen LogP contribution is -2.16. The summed E-state index contributed by atoms with van der Waals surface area (Å²) in [6, 6.07) is 4.60. The fourth-order valence-electron chi connectivity index (χ4n) is 1.66. The van der Waals surface area contributed by atoms with Gasteiger partial charge in [0, 0.05) is 22.7 Å². The summed E-state index contributed by atoms with van der Waals surface area (Å²) >= 11 is 1.10. The second-order valence-electron chi connectivity index (χ2n) is 3.84. The number of hydrogen-bond acceptors (Lipinski definition) is 5. The van der Waals surface area contributed by atoms with Crippen molar-refractivity contribution in [3.8, 4) is 0 Å². The van der Waals surface area contributed by atoms with Crippen molar-refractivity contribution >= 4 is 22.7 Å². The molecule has 7 heteroatoms. The Morgan fingerprint density at radius 1 is 1.50 bits per heavy atom. The van der Waals surface area contributed by atoms with Crippen molar-refractivity contribution in [1.29, 1.82) is 0 Å². The van der Waals surface area contributed by atoms with E-state index in [0.717, 1.165) is 17.0 Å². The molecular formula is C11H11N3O3S. The number of nitro groups is 1. The number of nitrogens with two attached hydrogens (primary N) is 1. The Morgan fingerprint density at radius 2 is 2.22 bits per heavy atom. The van der Waals surface area contributed by atoms with E-state index in [1.54, 1.807) is 22.1 Å². The Morgan fingerprint density at radius 3 is 2.78 bits per heavy atom. The number of rotatable bonds is 3. The summed E-state index contributed by atoms with van der Waals surface area (Å²) in [5.74, 6) is 0. The van der Waals surface area contributed by atoms with Crippen LogP contribution in [0.2, 0.25) is 0 Å². The molecule has 0 bridgehead atoms. The summed E-state index contributed by atoms with van der Waals surface area (Å²) in [6.07, 6.45) is 0. The van der Waals surface area contributed by atoms with Crippen LogP contribution in [0.3, 0.4) is 0 Å². The van der Waals surface area contributed by atoms with Crippen molar-refractivity contribution in [2.45, 2.75) is 13.5 Å². The smallest absolute Gasteiger partial charge is 0.307 e. The van der Waals surface area contributed by atoms with Gasteiger partial charge < -0.3 is 5.73 Å². The van der Waals surface area contributed by atoms with Gasteiger partial charge >= 0.3 is 4.87 Å². The summed E-state index contributed by atoms with van der Waals surface area (Å²) in [7, 11) is 0. The normalized spacial score (nSPS) is 10.5. The van der Waals surface area contributed by atoms with E-state index >= 15 is 0 Å². The van der Waals surface area contributed by atoms with Crippen LogP contribution in [-0.4, -0.2) is 9.49 Å². The predicted molar refractivity (Wildman–Crippen MR) is 69.9 cm³/mol. The molecular weight excluding hydrogens is 254 g/mol. The van der Waals surface area contributed by atoms with Gasteiger partial charge in [-0.1, -0.05) is 23.5 Å². The largest absolute Gasteiger partial charge is 0.393 e. The minimum Gasteiger partial charge on any atom is -0.393 e. The van der Waals surface area contributed by atoms with E-state index in [9.17, 15) is 14.9 Å². The van der Waals surface area contributed by atoms with Gasteiger partial charge in [0.2, 0.25) is 0 Å². The van der Waals surface area contributed by atoms with Crippen molar-refractivity contribution in [1.82, 2.24) is 4.57 Å². The average Bonchev–Trinajstić information content (AvgIpc) is 2.63. The molecule has 0 aliphatic heterocycles. The first-order valence-corrected chi connectivity index (χ1v) is 6.05. The number of nitrogens with zero attached hydrogens (tertiary/aromatic N) is 2. The van der Waals surface area contributed by atoms with Crippen molar-refractivity contribution in [2.24, 2.45) is 0 Å². The highest BCUT2D eigenvalue weighted by Crippen LogP contribution is 2.25.